The van der Waals surface area contributed by atoms with Crippen molar-refractivity contribution in [2.24, 2.45) is 0 Å². The quantitative estimate of drug-likeness (QED) is 0.472. The third-order valence-electron chi connectivity index (χ3n) is 5.45. The summed E-state index contributed by atoms with van der Waals surface area (Å²) >= 11 is 12.2. The number of benzene rings is 1. The van der Waals surface area contributed by atoms with Crippen molar-refractivity contribution in [3.8, 4) is 5.82 Å². The first-order valence-corrected chi connectivity index (χ1v) is 13.1. The largest absolute Gasteiger partial charge is 0.435 e. The van der Waals surface area contributed by atoms with Crippen LogP contribution in [-0.4, -0.2) is 52.0 Å². The number of pyridine rings is 1. The molecule has 3 aromatic rings. The molecule has 196 valence electrons. The van der Waals surface area contributed by atoms with Crippen molar-refractivity contribution in [2.45, 2.75) is 25.6 Å². The molecule has 4 rings (SSSR count). The summed E-state index contributed by atoms with van der Waals surface area (Å²) in [5.74, 6) is -2.51. The molecule has 2 N–H and O–H groups in total. The smallest absolute Gasteiger partial charge is 0.345 e. The van der Waals surface area contributed by atoms with Crippen LogP contribution in [0.3, 0.4) is 0 Å². The molecule has 15 heteroatoms. The van der Waals surface area contributed by atoms with Gasteiger partial charge in [0, 0.05) is 17.3 Å². The van der Waals surface area contributed by atoms with Crippen LogP contribution in [0.2, 0.25) is 10.0 Å². The van der Waals surface area contributed by atoms with E-state index in [0.29, 0.717) is 16.3 Å². The highest BCUT2D eigenvalue weighted by Gasteiger charge is 2.46. The van der Waals surface area contributed by atoms with Crippen molar-refractivity contribution in [1.82, 2.24) is 20.1 Å². The molecule has 0 unspecified atom stereocenters. The topological polar surface area (TPSA) is 123 Å². The number of rotatable bonds is 5. The zero-order valence-electron chi connectivity index (χ0n) is 19.2. The maximum atomic E-state index is 13.4. The lowest BCUT2D eigenvalue weighted by Crippen LogP contribution is -2.63. The molecule has 1 aliphatic rings. The van der Waals surface area contributed by atoms with Gasteiger partial charge in [-0.2, -0.15) is 18.3 Å². The van der Waals surface area contributed by atoms with E-state index in [2.05, 4.69) is 20.7 Å². The van der Waals surface area contributed by atoms with Crippen LogP contribution in [0, 0.1) is 6.92 Å². The second-order valence-electron chi connectivity index (χ2n) is 8.78. The Hall–Kier alpha value is -3.16. The molecule has 9 nitrogen and oxygen atoms in total. The van der Waals surface area contributed by atoms with E-state index in [-0.39, 0.29) is 38.6 Å². The summed E-state index contributed by atoms with van der Waals surface area (Å²) in [5.41, 5.74) is -2.75. The van der Waals surface area contributed by atoms with E-state index >= 15 is 0 Å². The fraction of sp³-hybridized carbons (Fsp3) is 0.273. The van der Waals surface area contributed by atoms with Crippen LogP contribution >= 0.6 is 23.2 Å². The van der Waals surface area contributed by atoms with Gasteiger partial charge in [0.25, 0.3) is 11.8 Å². The standard InChI is InChI=1S/C22H18Cl2F3N5O4S/c1-11-6-12(23)7-13(19(33)30-21(2)9-37(35,36)10-21)17(11)29-20(34)15-8-16(22(25,26)27)31-32(15)18-14(24)4-3-5-28-18/h3-8H,9-10H2,1-2H3,(H,29,34)(H,30,33). The van der Waals surface area contributed by atoms with Crippen molar-refractivity contribution in [1.29, 1.82) is 0 Å². The van der Waals surface area contributed by atoms with Gasteiger partial charge in [-0.15, -0.1) is 0 Å². The first kappa shape index (κ1) is 26.9. The Bertz CT molecular complexity index is 1530. The number of halogens is 5. The van der Waals surface area contributed by atoms with E-state index in [0.717, 1.165) is 0 Å². The molecule has 0 atom stereocenters. The van der Waals surface area contributed by atoms with Crippen LogP contribution in [0.15, 0.2) is 36.5 Å². The summed E-state index contributed by atoms with van der Waals surface area (Å²) < 4.78 is 64.2. The third kappa shape index (κ3) is 5.58. The Labute approximate surface area is 218 Å². The predicted molar refractivity (Wildman–Crippen MR) is 130 cm³/mol. The molecule has 0 radical (unpaired) electrons. The summed E-state index contributed by atoms with van der Waals surface area (Å²) in [6.07, 6.45) is -3.60. The number of amides is 2. The van der Waals surface area contributed by atoms with Crippen molar-refractivity contribution >= 4 is 50.5 Å². The highest BCUT2D eigenvalue weighted by atomic mass is 35.5. The summed E-state index contributed by atoms with van der Waals surface area (Å²) in [5, 5.41) is 8.65. The minimum Gasteiger partial charge on any atom is -0.345 e. The van der Waals surface area contributed by atoms with Gasteiger partial charge in [-0.05, 0) is 43.7 Å². The molecule has 1 fully saturated rings. The van der Waals surface area contributed by atoms with Crippen LogP contribution in [0.5, 0.6) is 0 Å². The van der Waals surface area contributed by atoms with E-state index in [1.807, 2.05) is 0 Å². The number of hydrogen-bond donors (Lipinski definition) is 2. The molecule has 2 aromatic heterocycles. The highest BCUT2D eigenvalue weighted by molar-refractivity contribution is 7.93. The van der Waals surface area contributed by atoms with E-state index in [9.17, 15) is 31.2 Å². The van der Waals surface area contributed by atoms with Gasteiger partial charge < -0.3 is 10.6 Å². The lowest BCUT2D eigenvalue weighted by atomic mass is 10.0. The van der Waals surface area contributed by atoms with Gasteiger partial charge in [0.1, 0.15) is 5.69 Å². The summed E-state index contributed by atoms with van der Waals surface area (Å²) in [7, 11) is -3.27. The summed E-state index contributed by atoms with van der Waals surface area (Å²) in [6, 6.07) is 6.05. The van der Waals surface area contributed by atoms with E-state index < -0.39 is 44.8 Å². The van der Waals surface area contributed by atoms with Gasteiger partial charge in [0.05, 0.1) is 33.3 Å². The number of anilines is 1. The van der Waals surface area contributed by atoms with Crippen LogP contribution in [0.4, 0.5) is 18.9 Å². The molecular formula is C22H18Cl2F3N5O4S. The highest BCUT2D eigenvalue weighted by Crippen LogP contribution is 2.32. The van der Waals surface area contributed by atoms with Crippen molar-refractivity contribution in [3.63, 3.8) is 0 Å². The zero-order valence-corrected chi connectivity index (χ0v) is 21.5. The van der Waals surface area contributed by atoms with Gasteiger partial charge in [0.2, 0.25) is 0 Å². The minimum atomic E-state index is -4.87. The number of carbonyl (C=O) groups is 2. The molecule has 0 spiro atoms. The summed E-state index contributed by atoms with van der Waals surface area (Å²) in [6.45, 7) is 3.08. The van der Waals surface area contributed by atoms with Gasteiger partial charge in [-0.3, -0.25) is 9.59 Å². The van der Waals surface area contributed by atoms with E-state index in [4.69, 9.17) is 23.2 Å². The normalized spacial score (nSPS) is 16.1. The Morgan fingerprint density at radius 1 is 1.14 bits per heavy atom. The Balaban J connectivity index is 1.73. The first-order chi connectivity index (χ1) is 17.1. The molecule has 1 aliphatic heterocycles. The Kier molecular flexibility index (Phi) is 6.76. The zero-order chi connectivity index (χ0) is 27.3. The van der Waals surface area contributed by atoms with E-state index in [1.165, 1.54) is 37.4 Å². The maximum absolute atomic E-state index is 13.4. The second-order valence-corrected chi connectivity index (χ2v) is 11.7. The second kappa shape index (κ2) is 9.30. The number of aryl methyl sites for hydroxylation is 1. The SMILES string of the molecule is Cc1cc(Cl)cc(C(=O)NC2(C)CS(=O)(=O)C2)c1NC(=O)c1cc(C(F)(F)F)nn1-c1ncccc1Cl. The number of sulfone groups is 1. The monoisotopic (exact) mass is 575 g/mol. The molecule has 3 heterocycles. The molecule has 0 bridgehead atoms. The number of alkyl halides is 3. The first-order valence-electron chi connectivity index (χ1n) is 10.5. The Morgan fingerprint density at radius 2 is 1.81 bits per heavy atom. The number of aromatic nitrogens is 3. The minimum absolute atomic E-state index is 0.0360. The lowest BCUT2D eigenvalue weighted by Gasteiger charge is -2.38. The maximum Gasteiger partial charge on any atom is 0.435 e. The van der Waals surface area contributed by atoms with Crippen LogP contribution in [0.1, 0.15) is 39.0 Å². The summed E-state index contributed by atoms with van der Waals surface area (Å²) in [4.78, 5) is 30.2. The van der Waals surface area contributed by atoms with Gasteiger partial charge >= 0.3 is 6.18 Å². The van der Waals surface area contributed by atoms with Gasteiger partial charge in [-0.1, -0.05) is 23.2 Å². The number of carbonyl (C=O) groups excluding carboxylic acids is 2. The molecule has 37 heavy (non-hydrogen) atoms. The molecule has 0 saturated carbocycles. The molecular weight excluding hydrogens is 558 g/mol. The Morgan fingerprint density at radius 3 is 2.41 bits per heavy atom. The average molecular weight is 576 g/mol. The molecule has 1 aromatic carbocycles. The average Bonchev–Trinajstić information content (AvgIpc) is 3.20. The van der Waals surface area contributed by atoms with Crippen LogP contribution < -0.4 is 10.6 Å². The fourth-order valence-corrected chi connectivity index (χ4v) is 6.46. The van der Waals surface area contributed by atoms with Crippen molar-refractivity contribution < 1.29 is 31.2 Å². The van der Waals surface area contributed by atoms with Gasteiger partial charge in [0.15, 0.2) is 21.3 Å². The predicted octanol–water partition coefficient (Wildman–Crippen LogP) is 4.07. The number of hydrogen-bond acceptors (Lipinski definition) is 6. The van der Waals surface area contributed by atoms with Crippen molar-refractivity contribution in [3.05, 3.63) is 69.1 Å². The van der Waals surface area contributed by atoms with Crippen LogP contribution in [-0.2, 0) is 16.0 Å². The van der Waals surface area contributed by atoms with E-state index in [1.54, 1.807) is 6.92 Å². The third-order valence-corrected chi connectivity index (χ3v) is 8.11. The van der Waals surface area contributed by atoms with Crippen molar-refractivity contribution in [2.75, 3.05) is 16.8 Å². The van der Waals surface area contributed by atoms with Crippen LogP contribution in [0.25, 0.3) is 5.82 Å². The molecule has 0 aliphatic carbocycles. The molecule has 2 amide bonds. The molecule has 1 saturated heterocycles. The fourth-order valence-electron chi connectivity index (χ4n) is 3.98. The number of nitrogens with zero attached hydrogens (tertiary/aromatic N) is 3. The lowest BCUT2D eigenvalue weighted by molar-refractivity contribution is -0.141. The van der Waals surface area contributed by atoms with Gasteiger partial charge in [-0.25, -0.2) is 18.1 Å². The number of nitrogens with one attached hydrogen (secondary N) is 2.